The average Bonchev–Trinajstić information content (AvgIpc) is 2.38. The van der Waals surface area contributed by atoms with E-state index in [1.807, 2.05) is 12.1 Å². The minimum absolute atomic E-state index is 0.292. The van der Waals surface area contributed by atoms with Crippen molar-refractivity contribution in [2.24, 2.45) is 0 Å². The number of nitrogens with zero attached hydrogens (tertiary/aromatic N) is 2. The van der Waals surface area contributed by atoms with Gasteiger partial charge in [0.2, 0.25) is 0 Å². The van der Waals surface area contributed by atoms with Gasteiger partial charge in [0.05, 0.1) is 18.9 Å². The van der Waals surface area contributed by atoms with Crippen LogP contribution in [0.15, 0.2) is 18.3 Å². The van der Waals surface area contributed by atoms with Gasteiger partial charge in [0.25, 0.3) is 0 Å². The summed E-state index contributed by atoms with van der Waals surface area (Å²) >= 11 is 0. The molecule has 0 aliphatic carbocycles. The molecule has 0 aromatic carbocycles. The van der Waals surface area contributed by atoms with Gasteiger partial charge in [0, 0.05) is 25.3 Å². The molecule has 2 rings (SSSR count). The van der Waals surface area contributed by atoms with Crippen LogP contribution >= 0.6 is 0 Å². The highest BCUT2D eigenvalue weighted by Crippen LogP contribution is 2.10. The summed E-state index contributed by atoms with van der Waals surface area (Å²) in [4.78, 5) is 3.99. The maximum atomic E-state index is 8.86. The molecule has 1 atom stereocenters. The average molecular weight is 218 g/mol. The van der Waals surface area contributed by atoms with E-state index in [1.165, 1.54) is 0 Å². The predicted octanol–water partition coefficient (Wildman–Crippen LogP) is 0.354. The van der Waals surface area contributed by atoms with Crippen molar-refractivity contribution in [2.45, 2.75) is 6.04 Å². The third kappa shape index (κ3) is 2.69. The van der Waals surface area contributed by atoms with Gasteiger partial charge in [-0.3, -0.25) is 0 Å². The highest BCUT2D eigenvalue weighted by Gasteiger charge is 2.13. The fourth-order valence-electron chi connectivity index (χ4n) is 1.62. The van der Waals surface area contributed by atoms with Crippen molar-refractivity contribution in [3.8, 4) is 6.07 Å². The van der Waals surface area contributed by atoms with Gasteiger partial charge in [-0.1, -0.05) is 0 Å². The van der Waals surface area contributed by atoms with Crippen LogP contribution in [0.3, 0.4) is 0 Å². The molecule has 1 aromatic rings. The predicted molar refractivity (Wildman–Crippen MR) is 60.1 cm³/mol. The van der Waals surface area contributed by atoms with Gasteiger partial charge in [0.1, 0.15) is 6.07 Å². The molecule has 0 amide bonds. The number of aromatic nitrogens is 1. The molecule has 2 heterocycles. The van der Waals surface area contributed by atoms with Crippen molar-refractivity contribution in [3.63, 3.8) is 0 Å². The first-order valence-electron chi connectivity index (χ1n) is 5.30. The number of hydrogen-bond donors (Lipinski definition) is 2. The smallest absolute Gasteiger partial charge is 0.163 e. The Morgan fingerprint density at radius 3 is 3.38 bits per heavy atom. The minimum Gasteiger partial charge on any atom is -0.381 e. The Hall–Kier alpha value is -1.64. The molecule has 5 heteroatoms. The Labute approximate surface area is 94.4 Å². The Morgan fingerprint density at radius 1 is 1.69 bits per heavy atom. The summed E-state index contributed by atoms with van der Waals surface area (Å²) in [5.74, 6) is 0. The van der Waals surface area contributed by atoms with Crippen LogP contribution in [0.5, 0.6) is 0 Å². The zero-order valence-corrected chi connectivity index (χ0v) is 8.94. The van der Waals surface area contributed by atoms with Gasteiger partial charge in [-0.15, -0.1) is 0 Å². The molecule has 1 unspecified atom stereocenters. The lowest BCUT2D eigenvalue weighted by atomic mass is 10.2. The molecule has 5 nitrogen and oxygen atoms in total. The standard InChI is InChI=1S/C11H14N4O/c12-6-11-10(2-1-3-14-11)15-7-9-8-16-5-4-13-9/h1-3,9,13,15H,4-5,7-8H2. The number of nitrogens with one attached hydrogen (secondary N) is 2. The molecule has 0 spiro atoms. The van der Waals surface area contributed by atoms with Crippen LogP contribution in [0, 0.1) is 11.3 Å². The fourth-order valence-corrected chi connectivity index (χ4v) is 1.62. The highest BCUT2D eigenvalue weighted by molar-refractivity contribution is 5.53. The van der Waals surface area contributed by atoms with Crippen LogP contribution in [0.25, 0.3) is 0 Å². The Kier molecular flexibility index (Phi) is 3.70. The molecule has 0 saturated carbocycles. The first-order valence-corrected chi connectivity index (χ1v) is 5.30. The van der Waals surface area contributed by atoms with Crippen LogP contribution in [-0.4, -0.2) is 37.3 Å². The lowest BCUT2D eigenvalue weighted by Gasteiger charge is -2.24. The number of nitriles is 1. The van der Waals surface area contributed by atoms with Gasteiger partial charge in [-0.25, -0.2) is 4.98 Å². The maximum absolute atomic E-state index is 8.86. The molecule has 16 heavy (non-hydrogen) atoms. The van der Waals surface area contributed by atoms with Gasteiger partial charge in [-0.2, -0.15) is 5.26 Å². The second kappa shape index (κ2) is 5.45. The molecule has 84 valence electrons. The fraction of sp³-hybridized carbons (Fsp3) is 0.455. The summed E-state index contributed by atoms with van der Waals surface area (Å²) in [5.41, 5.74) is 1.21. The van der Waals surface area contributed by atoms with E-state index in [-0.39, 0.29) is 0 Å². The molecule has 1 aliphatic heterocycles. The van der Waals surface area contributed by atoms with E-state index in [1.54, 1.807) is 6.20 Å². The van der Waals surface area contributed by atoms with Crippen LogP contribution in [0.2, 0.25) is 0 Å². The topological polar surface area (TPSA) is 70.0 Å². The highest BCUT2D eigenvalue weighted by atomic mass is 16.5. The lowest BCUT2D eigenvalue weighted by molar-refractivity contribution is 0.0806. The monoisotopic (exact) mass is 218 g/mol. The van der Waals surface area contributed by atoms with Crippen molar-refractivity contribution >= 4 is 5.69 Å². The quantitative estimate of drug-likeness (QED) is 0.766. The molecule has 1 aliphatic rings. The van der Waals surface area contributed by atoms with Crippen molar-refractivity contribution in [1.29, 1.82) is 5.26 Å². The van der Waals surface area contributed by atoms with Crippen LogP contribution in [0.4, 0.5) is 5.69 Å². The lowest BCUT2D eigenvalue weighted by Crippen LogP contribution is -2.45. The molecule has 0 bridgehead atoms. The molecule has 1 saturated heterocycles. The second-order valence-corrected chi connectivity index (χ2v) is 3.62. The Balaban J connectivity index is 1.91. The van der Waals surface area contributed by atoms with Gasteiger partial charge >= 0.3 is 0 Å². The summed E-state index contributed by atoms with van der Waals surface area (Å²) < 4.78 is 5.34. The van der Waals surface area contributed by atoms with Gasteiger partial charge in [0.15, 0.2) is 5.69 Å². The molecule has 1 aromatic heterocycles. The summed E-state index contributed by atoms with van der Waals surface area (Å²) in [7, 11) is 0. The maximum Gasteiger partial charge on any atom is 0.163 e. The van der Waals surface area contributed by atoms with Crippen molar-refractivity contribution in [2.75, 3.05) is 31.6 Å². The minimum atomic E-state index is 0.292. The molecular formula is C11H14N4O. The molecule has 2 N–H and O–H groups in total. The summed E-state index contributed by atoms with van der Waals surface area (Å²) in [5, 5.41) is 15.4. The number of anilines is 1. The molecular weight excluding hydrogens is 204 g/mol. The molecule has 0 radical (unpaired) electrons. The summed E-state index contributed by atoms with van der Waals surface area (Å²) in [6.45, 7) is 3.09. The van der Waals surface area contributed by atoms with Crippen molar-refractivity contribution in [3.05, 3.63) is 24.0 Å². The number of rotatable bonds is 3. The molecule has 1 fully saturated rings. The largest absolute Gasteiger partial charge is 0.381 e. The van der Waals surface area contributed by atoms with Crippen molar-refractivity contribution < 1.29 is 4.74 Å². The van der Waals surface area contributed by atoms with Crippen LogP contribution < -0.4 is 10.6 Å². The zero-order chi connectivity index (χ0) is 11.2. The first-order chi connectivity index (χ1) is 7.90. The van der Waals surface area contributed by atoms with Crippen LogP contribution in [0.1, 0.15) is 5.69 Å². The van der Waals surface area contributed by atoms with E-state index in [4.69, 9.17) is 10.00 Å². The van der Waals surface area contributed by atoms with E-state index < -0.39 is 0 Å². The number of ether oxygens (including phenoxy) is 1. The second-order valence-electron chi connectivity index (χ2n) is 3.62. The third-order valence-electron chi connectivity index (χ3n) is 2.45. The third-order valence-corrected chi connectivity index (χ3v) is 2.45. The summed E-state index contributed by atoms with van der Waals surface area (Å²) in [6, 6.07) is 6.02. The van der Waals surface area contributed by atoms with Crippen LogP contribution in [-0.2, 0) is 4.74 Å². The SMILES string of the molecule is N#Cc1ncccc1NCC1COCCN1. The van der Waals surface area contributed by atoms with Crippen molar-refractivity contribution in [1.82, 2.24) is 10.3 Å². The van der Waals surface area contributed by atoms with E-state index in [0.717, 1.165) is 25.4 Å². The van der Waals surface area contributed by atoms with E-state index >= 15 is 0 Å². The van der Waals surface area contributed by atoms with E-state index in [0.29, 0.717) is 18.3 Å². The summed E-state index contributed by atoms with van der Waals surface area (Å²) in [6.07, 6.45) is 1.62. The number of morpholine rings is 1. The number of pyridine rings is 1. The Morgan fingerprint density at radius 2 is 2.62 bits per heavy atom. The van der Waals surface area contributed by atoms with E-state index in [9.17, 15) is 0 Å². The zero-order valence-electron chi connectivity index (χ0n) is 8.94. The van der Waals surface area contributed by atoms with Gasteiger partial charge < -0.3 is 15.4 Å². The van der Waals surface area contributed by atoms with Gasteiger partial charge in [-0.05, 0) is 12.1 Å². The normalized spacial score (nSPS) is 20.1. The first kappa shape index (κ1) is 10.9. The Bertz CT molecular complexity index is 382. The van der Waals surface area contributed by atoms with E-state index in [2.05, 4.69) is 21.7 Å². The number of hydrogen-bond acceptors (Lipinski definition) is 5.